The van der Waals surface area contributed by atoms with Crippen LogP contribution in [0, 0.1) is 5.92 Å². The molecule has 1 fully saturated rings. The zero-order chi connectivity index (χ0) is 11.4. The Kier molecular flexibility index (Phi) is 4.38. The average molecular weight is 284 g/mol. The maximum atomic E-state index is 5.94. The molecule has 0 spiro atoms. The molecule has 2 N–H and O–H groups in total. The van der Waals surface area contributed by atoms with Crippen LogP contribution in [0.3, 0.4) is 0 Å². The largest absolute Gasteiger partial charge is 0.373 e. The standard InChI is InChI=1S/C13H18BrNO/c14-12-6-4-10(5-7-12)9-16-13-3-1-2-11(13)8-15/h4-7,11,13H,1-3,8-9,15H2. The number of halogens is 1. The summed E-state index contributed by atoms with van der Waals surface area (Å²) in [6.07, 6.45) is 4.01. The van der Waals surface area contributed by atoms with E-state index in [-0.39, 0.29) is 0 Å². The molecule has 1 aliphatic rings. The van der Waals surface area contributed by atoms with Gasteiger partial charge in [0.05, 0.1) is 12.7 Å². The second-order valence-electron chi connectivity index (χ2n) is 4.40. The minimum atomic E-state index is 0.369. The molecule has 0 saturated heterocycles. The van der Waals surface area contributed by atoms with Crippen molar-refractivity contribution in [3.8, 4) is 0 Å². The molecule has 0 amide bonds. The van der Waals surface area contributed by atoms with Crippen molar-refractivity contribution >= 4 is 15.9 Å². The van der Waals surface area contributed by atoms with Crippen molar-refractivity contribution in [3.63, 3.8) is 0 Å². The molecule has 0 bridgehead atoms. The molecule has 0 radical (unpaired) electrons. The van der Waals surface area contributed by atoms with E-state index in [1.807, 2.05) is 12.1 Å². The van der Waals surface area contributed by atoms with E-state index < -0.39 is 0 Å². The van der Waals surface area contributed by atoms with E-state index in [2.05, 4.69) is 28.1 Å². The lowest BCUT2D eigenvalue weighted by atomic mass is 10.1. The molecule has 1 aromatic carbocycles. The number of hydrogen-bond acceptors (Lipinski definition) is 2. The molecule has 1 aliphatic carbocycles. The van der Waals surface area contributed by atoms with E-state index >= 15 is 0 Å². The van der Waals surface area contributed by atoms with Gasteiger partial charge in [0, 0.05) is 4.47 Å². The van der Waals surface area contributed by atoms with Gasteiger partial charge in [-0.05, 0) is 43.0 Å². The molecule has 88 valence electrons. The second kappa shape index (κ2) is 5.80. The maximum absolute atomic E-state index is 5.94. The molecule has 1 saturated carbocycles. The topological polar surface area (TPSA) is 35.2 Å². The highest BCUT2D eigenvalue weighted by Crippen LogP contribution is 2.28. The van der Waals surface area contributed by atoms with Gasteiger partial charge in [-0.1, -0.05) is 34.5 Å². The maximum Gasteiger partial charge on any atom is 0.0720 e. The lowest BCUT2D eigenvalue weighted by molar-refractivity contribution is 0.0182. The number of hydrogen-bond donors (Lipinski definition) is 1. The van der Waals surface area contributed by atoms with Crippen molar-refractivity contribution in [1.82, 2.24) is 0 Å². The van der Waals surface area contributed by atoms with Crippen LogP contribution < -0.4 is 5.73 Å². The smallest absolute Gasteiger partial charge is 0.0720 e. The van der Waals surface area contributed by atoms with E-state index in [1.54, 1.807) is 0 Å². The van der Waals surface area contributed by atoms with Gasteiger partial charge in [-0.2, -0.15) is 0 Å². The van der Waals surface area contributed by atoms with E-state index in [1.165, 1.54) is 24.8 Å². The van der Waals surface area contributed by atoms with Crippen molar-refractivity contribution in [3.05, 3.63) is 34.3 Å². The highest BCUT2D eigenvalue weighted by Gasteiger charge is 2.26. The molecule has 16 heavy (non-hydrogen) atoms. The Balaban J connectivity index is 1.85. The summed E-state index contributed by atoms with van der Waals surface area (Å²) < 4.78 is 7.05. The van der Waals surface area contributed by atoms with Crippen molar-refractivity contribution < 1.29 is 4.74 Å². The van der Waals surface area contributed by atoms with Crippen LogP contribution in [0.5, 0.6) is 0 Å². The van der Waals surface area contributed by atoms with E-state index in [0.717, 1.165) is 11.0 Å². The van der Waals surface area contributed by atoms with Gasteiger partial charge in [0.2, 0.25) is 0 Å². The van der Waals surface area contributed by atoms with Crippen molar-refractivity contribution in [2.24, 2.45) is 11.7 Å². The molecule has 2 unspecified atom stereocenters. The van der Waals surface area contributed by atoms with Gasteiger partial charge in [-0.3, -0.25) is 0 Å². The van der Waals surface area contributed by atoms with Gasteiger partial charge >= 0.3 is 0 Å². The summed E-state index contributed by atoms with van der Waals surface area (Å²) in [7, 11) is 0. The fourth-order valence-corrected chi connectivity index (χ4v) is 2.54. The lowest BCUT2D eigenvalue weighted by Crippen LogP contribution is -2.25. The Labute approximate surface area is 105 Å². The van der Waals surface area contributed by atoms with Crippen molar-refractivity contribution in [2.45, 2.75) is 32.0 Å². The number of rotatable bonds is 4. The summed E-state index contributed by atoms with van der Waals surface area (Å²) in [5.74, 6) is 0.565. The van der Waals surface area contributed by atoms with Crippen LogP contribution in [0.15, 0.2) is 28.7 Å². The fraction of sp³-hybridized carbons (Fsp3) is 0.538. The minimum absolute atomic E-state index is 0.369. The number of ether oxygens (including phenoxy) is 1. The molecule has 2 atom stereocenters. The Morgan fingerprint density at radius 3 is 2.69 bits per heavy atom. The van der Waals surface area contributed by atoms with Gasteiger partial charge in [0.25, 0.3) is 0 Å². The summed E-state index contributed by atoms with van der Waals surface area (Å²) >= 11 is 3.43. The monoisotopic (exact) mass is 283 g/mol. The van der Waals surface area contributed by atoms with E-state index in [0.29, 0.717) is 18.6 Å². The normalized spacial score (nSPS) is 24.9. The van der Waals surface area contributed by atoms with Gasteiger partial charge in [-0.25, -0.2) is 0 Å². The Bertz CT molecular complexity index is 325. The molecular weight excluding hydrogens is 266 g/mol. The highest BCUT2D eigenvalue weighted by atomic mass is 79.9. The first-order valence-corrected chi connectivity index (χ1v) is 6.65. The summed E-state index contributed by atoms with van der Waals surface area (Å²) in [4.78, 5) is 0. The fourth-order valence-electron chi connectivity index (χ4n) is 2.28. The Morgan fingerprint density at radius 1 is 1.25 bits per heavy atom. The van der Waals surface area contributed by atoms with E-state index in [9.17, 15) is 0 Å². The highest BCUT2D eigenvalue weighted by molar-refractivity contribution is 9.10. The molecule has 2 nitrogen and oxygen atoms in total. The molecule has 0 heterocycles. The van der Waals surface area contributed by atoms with Crippen LogP contribution in [0.4, 0.5) is 0 Å². The third-order valence-electron chi connectivity index (χ3n) is 3.27. The van der Waals surface area contributed by atoms with Crippen LogP contribution >= 0.6 is 15.9 Å². The number of nitrogens with two attached hydrogens (primary N) is 1. The third kappa shape index (κ3) is 3.06. The first-order valence-electron chi connectivity index (χ1n) is 5.85. The zero-order valence-electron chi connectivity index (χ0n) is 9.36. The molecule has 1 aromatic rings. The minimum Gasteiger partial charge on any atom is -0.373 e. The Hall–Kier alpha value is -0.380. The third-order valence-corrected chi connectivity index (χ3v) is 3.80. The predicted octanol–water partition coefficient (Wildman–Crippen LogP) is 3.09. The number of benzene rings is 1. The quantitative estimate of drug-likeness (QED) is 0.922. The van der Waals surface area contributed by atoms with Gasteiger partial charge < -0.3 is 10.5 Å². The van der Waals surface area contributed by atoms with Gasteiger partial charge in [0.15, 0.2) is 0 Å². The van der Waals surface area contributed by atoms with Crippen LogP contribution in [0.25, 0.3) is 0 Å². The lowest BCUT2D eigenvalue weighted by Gasteiger charge is -2.18. The molecule has 3 heteroatoms. The molecule has 2 rings (SSSR count). The van der Waals surface area contributed by atoms with E-state index in [4.69, 9.17) is 10.5 Å². The zero-order valence-corrected chi connectivity index (χ0v) is 10.9. The van der Waals surface area contributed by atoms with Crippen LogP contribution in [0.1, 0.15) is 24.8 Å². The molecular formula is C13H18BrNO. The van der Waals surface area contributed by atoms with Crippen LogP contribution in [-0.2, 0) is 11.3 Å². The molecule has 0 aromatic heterocycles. The van der Waals surface area contributed by atoms with Crippen LogP contribution in [0.2, 0.25) is 0 Å². The average Bonchev–Trinajstić information content (AvgIpc) is 2.76. The van der Waals surface area contributed by atoms with Crippen molar-refractivity contribution in [2.75, 3.05) is 6.54 Å². The summed E-state index contributed by atoms with van der Waals surface area (Å²) in [6.45, 7) is 1.46. The van der Waals surface area contributed by atoms with Gasteiger partial charge in [-0.15, -0.1) is 0 Å². The SMILES string of the molecule is NCC1CCCC1OCc1ccc(Br)cc1. The summed E-state index contributed by atoms with van der Waals surface area (Å²) in [5, 5.41) is 0. The predicted molar refractivity (Wildman–Crippen MR) is 69.1 cm³/mol. The first-order chi connectivity index (χ1) is 7.79. The van der Waals surface area contributed by atoms with Crippen molar-refractivity contribution in [1.29, 1.82) is 0 Å². The van der Waals surface area contributed by atoms with Gasteiger partial charge in [0.1, 0.15) is 0 Å². The molecule has 0 aliphatic heterocycles. The Morgan fingerprint density at radius 2 is 2.00 bits per heavy atom. The summed E-state index contributed by atoms with van der Waals surface area (Å²) in [5.41, 5.74) is 6.95. The second-order valence-corrected chi connectivity index (χ2v) is 5.32. The van der Waals surface area contributed by atoms with Crippen LogP contribution in [-0.4, -0.2) is 12.6 Å². The first kappa shape index (κ1) is 12.1. The summed E-state index contributed by atoms with van der Waals surface area (Å²) in [6, 6.07) is 8.29.